The van der Waals surface area contributed by atoms with Gasteiger partial charge in [-0.25, -0.2) is 0 Å². The molecule has 0 radical (unpaired) electrons. The number of phenols is 3. The van der Waals surface area contributed by atoms with Crippen molar-refractivity contribution in [2.45, 2.75) is 110 Å². The number of carbonyl (C=O) groups excluding carboxylic acids is 2. The number of hydrogen-bond donors (Lipinski definition) is 9. The van der Waals surface area contributed by atoms with Gasteiger partial charge in [0.05, 0.1) is 31.5 Å². The molecule has 0 spiro atoms. The first kappa shape index (κ1) is 56.0. The smallest absolute Gasteiger partial charge is 0.303 e. The van der Waals surface area contributed by atoms with E-state index in [1.54, 1.807) is 74.5 Å². The first-order valence-electron chi connectivity index (χ1n) is 20.7. The summed E-state index contributed by atoms with van der Waals surface area (Å²) in [6, 6.07) is 35.9. The molecule has 0 bridgehead atoms. The molecule has 0 fully saturated rings. The van der Waals surface area contributed by atoms with Crippen LogP contribution in [-0.2, 0) is 19.1 Å². The molecule has 5 aromatic rings. The molecule has 5 aromatic carbocycles. The molecular weight excluding hydrogens is 825 g/mol. The molecule has 0 amide bonds. The molecule has 64 heavy (non-hydrogen) atoms. The van der Waals surface area contributed by atoms with Crippen molar-refractivity contribution in [1.82, 2.24) is 0 Å². The van der Waals surface area contributed by atoms with Crippen LogP contribution in [0.5, 0.6) is 23.0 Å². The summed E-state index contributed by atoms with van der Waals surface area (Å²) < 4.78 is 15.1. The fourth-order valence-corrected chi connectivity index (χ4v) is 5.54. The van der Waals surface area contributed by atoms with Crippen LogP contribution in [0.15, 0.2) is 127 Å². The van der Waals surface area contributed by atoms with E-state index in [2.05, 4.69) is 0 Å². The zero-order valence-corrected chi connectivity index (χ0v) is 37.7. The maximum Gasteiger partial charge on any atom is 0.303 e. The van der Waals surface area contributed by atoms with E-state index in [0.717, 1.165) is 16.7 Å². The minimum Gasteiger partial charge on any atom is -0.508 e. The van der Waals surface area contributed by atoms with E-state index >= 15 is 0 Å². The Kier molecular flexibility index (Phi) is 26.4. The van der Waals surface area contributed by atoms with Crippen LogP contribution in [0.2, 0.25) is 0 Å². The van der Waals surface area contributed by atoms with Crippen LogP contribution in [0.4, 0.5) is 0 Å². The monoisotopic (exact) mass is 890 g/mol. The molecule has 14 nitrogen and oxygen atoms in total. The quantitative estimate of drug-likeness (QED) is 0.0512. The van der Waals surface area contributed by atoms with E-state index in [1.807, 2.05) is 62.4 Å². The highest BCUT2D eigenvalue weighted by Gasteiger charge is 2.24. The van der Waals surface area contributed by atoms with E-state index in [9.17, 15) is 35.1 Å². The van der Waals surface area contributed by atoms with Crippen molar-refractivity contribution in [3.8, 4) is 23.0 Å². The van der Waals surface area contributed by atoms with Crippen LogP contribution in [0.3, 0.4) is 0 Å². The first-order chi connectivity index (χ1) is 30.2. The van der Waals surface area contributed by atoms with Crippen LogP contribution in [0, 0.1) is 0 Å². The van der Waals surface area contributed by atoms with Crippen molar-refractivity contribution < 1.29 is 69.8 Å². The molecule has 0 saturated carbocycles. The molecule has 0 aliphatic rings. The molecule has 8 unspecified atom stereocenters. The Balaban J connectivity index is 0.000000404. The normalized spacial score (nSPS) is 14.0. The standard InChI is InChI=1S/C13H16O4.C10H14O3.C9H12O3.2C9H12O2/c1-9(16-10(2)14)13(17-11(3)15)12-7-5-4-6-8-12;1-3-8(11)7-4-5-10(13-2)9(12)6-7;1-6(10)9(12)7-2-4-8(11)5-3-7;1-7(10)9(11)8-5-3-2-4-6-8;1-2-9(11)7-3-5-8(10)6-4-7/h4-9,13H,1-3H3;4-6,8,11-12H,3H2,1-2H3;2-6,9-12H,1H3;2-7,9-11H,1H3;3-6,9-11H,2H2,1H3. The lowest BCUT2D eigenvalue weighted by Gasteiger charge is -2.23. The lowest BCUT2D eigenvalue weighted by molar-refractivity contribution is -0.164. The van der Waals surface area contributed by atoms with Gasteiger partial charge in [-0.2, -0.15) is 0 Å². The molecule has 8 atom stereocenters. The summed E-state index contributed by atoms with van der Waals surface area (Å²) in [6.45, 7) is 11.2. The second-order valence-corrected chi connectivity index (χ2v) is 14.5. The van der Waals surface area contributed by atoms with Gasteiger partial charge in [-0.15, -0.1) is 0 Å². The fourth-order valence-electron chi connectivity index (χ4n) is 5.54. The number of carbonyl (C=O) groups is 2. The van der Waals surface area contributed by atoms with Crippen LogP contribution >= 0.6 is 0 Å². The maximum absolute atomic E-state index is 11.1. The maximum atomic E-state index is 11.1. The lowest BCUT2D eigenvalue weighted by Crippen LogP contribution is -2.25. The van der Waals surface area contributed by atoms with Crippen LogP contribution in [0.1, 0.15) is 120 Å². The number of esters is 2. The average Bonchev–Trinajstić information content (AvgIpc) is 3.28. The lowest BCUT2D eigenvalue weighted by atomic mass is 10.1. The van der Waals surface area contributed by atoms with Crippen molar-refractivity contribution >= 4 is 11.9 Å². The van der Waals surface area contributed by atoms with Crippen molar-refractivity contribution in [3.05, 3.63) is 155 Å². The second kappa shape index (κ2) is 30.1. The third kappa shape index (κ3) is 21.4. The number of phenolic OH excluding ortho intramolecular Hbond substituents is 3. The summed E-state index contributed by atoms with van der Waals surface area (Å²) in [4.78, 5) is 22.0. The Hall–Kier alpha value is -6.00. The topological polar surface area (TPSA) is 244 Å². The van der Waals surface area contributed by atoms with Crippen LogP contribution in [0.25, 0.3) is 0 Å². The first-order valence-corrected chi connectivity index (χ1v) is 20.7. The summed E-state index contributed by atoms with van der Waals surface area (Å²) >= 11 is 0. The van der Waals surface area contributed by atoms with Crippen LogP contribution < -0.4 is 4.74 Å². The number of methoxy groups -OCH3 is 1. The number of benzene rings is 5. The minimum atomic E-state index is -0.884. The van der Waals surface area contributed by atoms with Crippen molar-refractivity contribution in [3.63, 3.8) is 0 Å². The molecule has 0 heterocycles. The number of aromatic hydroxyl groups is 3. The number of hydrogen-bond acceptors (Lipinski definition) is 14. The van der Waals surface area contributed by atoms with E-state index < -0.39 is 60.8 Å². The van der Waals surface area contributed by atoms with Gasteiger partial charge in [0.15, 0.2) is 17.6 Å². The number of ether oxygens (including phenoxy) is 3. The Morgan fingerprint density at radius 2 is 0.875 bits per heavy atom. The predicted octanol–water partition coefficient (Wildman–Crippen LogP) is 7.83. The second-order valence-electron chi connectivity index (χ2n) is 14.5. The Labute approximate surface area is 376 Å². The summed E-state index contributed by atoms with van der Waals surface area (Å²) in [6.07, 6.45) is -3.84. The third-order valence-corrected chi connectivity index (χ3v) is 9.13. The number of rotatable bonds is 13. The Morgan fingerprint density at radius 3 is 1.25 bits per heavy atom. The van der Waals surface area contributed by atoms with Gasteiger partial charge in [0.2, 0.25) is 0 Å². The number of aliphatic hydroxyl groups excluding tert-OH is 6. The summed E-state index contributed by atoms with van der Waals surface area (Å²) in [7, 11) is 1.49. The van der Waals surface area contributed by atoms with Crippen LogP contribution in [-0.4, -0.2) is 83.3 Å². The molecule has 0 aliphatic carbocycles. The zero-order chi connectivity index (χ0) is 48.4. The summed E-state index contributed by atoms with van der Waals surface area (Å²) in [5, 5.41) is 82.8. The van der Waals surface area contributed by atoms with Gasteiger partial charge in [-0.1, -0.05) is 105 Å². The number of aliphatic hydroxyl groups is 6. The molecule has 5 rings (SSSR count). The highest BCUT2D eigenvalue weighted by atomic mass is 16.6. The summed E-state index contributed by atoms with van der Waals surface area (Å²) in [5.74, 6) is 0.0663. The molecular formula is C50H66O14. The Bertz CT molecular complexity index is 2010. The van der Waals surface area contributed by atoms with E-state index in [4.69, 9.17) is 34.6 Å². The minimum absolute atomic E-state index is 0.0625. The molecule has 0 aliphatic heterocycles. The van der Waals surface area contributed by atoms with Gasteiger partial charge >= 0.3 is 11.9 Å². The van der Waals surface area contributed by atoms with Crippen molar-refractivity contribution in [2.24, 2.45) is 0 Å². The molecule has 0 aromatic heterocycles. The molecule has 350 valence electrons. The highest BCUT2D eigenvalue weighted by Crippen LogP contribution is 2.30. The van der Waals surface area contributed by atoms with E-state index in [0.29, 0.717) is 29.7 Å². The highest BCUT2D eigenvalue weighted by molar-refractivity contribution is 5.67. The van der Waals surface area contributed by atoms with Gasteiger partial charge in [0, 0.05) is 13.8 Å². The van der Waals surface area contributed by atoms with Gasteiger partial charge in [0.25, 0.3) is 0 Å². The molecule has 14 heteroatoms. The van der Waals surface area contributed by atoms with E-state index in [-0.39, 0.29) is 17.2 Å². The van der Waals surface area contributed by atoms with Gasteiger partial charge in [-0.3, -0.25) is 9.59 Å². The summed E-state index contributed by atoms with van der Waals surface area (Å²) in [5.41, 5.74) is 3.72. The molecule has 9 N–H and O–H groups in total. The molecule has 0 saturated heterocycles. The zero-order valence-electron chi connectivity index (χ0n) is 37.7. The van der Waals surface area contributed by atoms with Crippen molar-refractivity contribution in [2.75, 3.05) is 7.11 Å². The van der Waals surface area contributed by atoms with E-state index in [1.165, 1.54) is 46.1 Å². The van der Waals surface area contributed by atoms with Gasteiger partial charge < -0.3 is 60.2 Å². The van der Waals surface area contributed by atoms with Gasteiger partial charge in [0.1, 0.15) is 29.8 Å². The average molecular weight is 891 g/mol. The predicted molar refractivity (Wildman–Crippen MR) is 243 cm³/mol. The SMILES string of the molecule is CC(=O)OC(C)C(OC(C)=O)c1ccccc1.CC(O)C(O)c1ccc(O)cc1.CC(O)C(O)c1ccccc1.CCC(O)c1ccc(O)cc1.CCC(O)c1ccc(OC)c(O)c1. The third-order valence-electron chi connectivity index (χ3n) is 9.13. The largest absolute Gasteiger partial charge is 0.508 e. The fraction of sp³-hybridized carbons (Fsp3) is 0.360. The Morgan fingerprint density at radius 1 is 0.500 bits per heavy atom. The van der Waals surface area contributed by atoms with Gasteiger partial charge in [-0.05, 0) is 97.8 Å². The van der Waals surface area contributed by atoms with Crippen molar-refractivity contribution in [1.29, 1.82) is 0 Å².